The molecule has 0 saturated heterocycles. The van der Waals surface area contributed by atoms with Crippen molar-refractivity contribution in [2.45, 2.75) is 13.1 Å². The van der Waals surface area contributed by atoms with Crippen LogP contribution in [0.2, 0.25) is 0 Å². The highest BCUT2D eigenvalue weighted by molar-refractivity contribution is 5.82. The molecule has 0 fully saturated rings. The first-order valence-electron chi connectivity index (χ1n) is 6.75. The molecule has 0 N–H and O–H groups in total. The second-order valence-corrected chi connectivity index (χ2v) is 5.16. The van der Waals surface area contributed by atoms with Crippen molar-refractivity contribution in [2.75, 3.05) is 21.3 Å². The third-order valence-corrected chi connectivity index (χ3v) is 3.80. The van der Waals surface area contributed by atoms with Gasteiger partial charge in [0.25, 0.3) is 0 Å². The highest BCUT2D eigenvalue weighted by Gasteiger charge is 2.23. The van der Waals surface area contributed by atoms with Crippen molar-refractivity contribution in [1.29, 1.82) is 0 Å². The van der Waals surface area contributed by atoms with Crippen LogP contribution in [-0.2, 0) is 13.1 Å². The van der Waals surface area contributed by atoms with Gasteiger partial charge in [-0.05, 0) is 30.3 Å². The van der Waals surface area contributed by atoms with Crippen LogP contribution in [0.4, 0.5) is 0 Å². The van der Waals surface area contributed by atoms with Crippen LogP contribution in [0.15, 0.2) is 36.4 Å². The number of fused-ring (bicyclic) bond motifs is 3. The molecule has 0 atom stereocenters. The average molecular weight is 269 g/mol. The normalized spacial score (nSPS) is 14.2. The van der Waals surface area contributed by atoms with Crippen LogP contribution in [0.25, 0.3) is 11.1 Å². The quantitative estimate of drug-likeness (QED) is 0.835. The summed E-state index contributed by atoms with van der Waals surface area (Å²) in [6.45, 7) is 1.81. The summed E-state index contributed by atoms with van der Waals surface area (Å²) in [6, 6.07) is 12.4. The summed E-state index contributed by atoms with van der Waals surface area (Å²) in [4.78, 5) is 2.31. The molecule has 3 nitrogen and oxygen atoms in total. The summed E-state index contributed by atoms with van der Waals surface area (Å²) in [6.07, 6.45) is 0. The van der Waals surface area contributed by atoms with Crippen molar-refractivity contribution >= 4 is 0 Å². The minimum absolute atomic E-state index is 0.906. The maximum absolute atomic E-state index is 5.59. The number of hydrogen-bond donors (Lipinski definition) is 0. The van der Waals surface area contributed by atoms with Crippen LogP contribution in [0, 0.1) is 0 Å². The minimum Gasteiger partial charge on any atom is -0.496 e. The molecular formula is C17H19NO2. The summed E-state index contributed by atoms with van der Waals surface area (Å²) in [5.74, 6) is 1.81. The van der Waals surface area contributed by atoms with Crippen molar-refractivity contribution in [2.24, 2.45) is 0 Å². The van der Waals surface area contributed by atoms with Crippen LogP contribution in [-0.4, -0.2) is 26.2 Å². The molecular weight excluding hydrogens is 250 g/mol. The van der Waals surface area contributed by atoms with Crippen molar-refractivity contribution in [3.8, 4) is 22.6 Å². The van der Waals surface area contributed by atoms with E-state index in [1.807, 2.05) is 24.3 Å². The van der Waals surface area contributed by atoms with Gasteiger partial charge in [0.05, 0.1) is 14.2 Å². The fourth-order valence-corrected chi connectivity index (χ4v) is 2.96. The highest BCUT2D eigenvalue weighted by Crippen LogP contribution is 2.43. The van der Waals surface area contributed by atoms with Gasteiger partial charge in [-0.3, -0.25) is 4.90 Å². The van der Waals surface area contributed by atoms with Crippen LogP contribution < -0.4 is 9.47 Å². The van der Waals surface area contributed by atoms with Crippen LogP contribution in [0.5, 0.6) is 11.5 Å². The first-order chi connectivity index (χ1) is 9.74. The zero-order valence-electron chi connectivity index (χ0n) is 12.1. The van der Waals surface area contributed by atoms with Crippen LogP contribution in [0.3, 0.4) is 0 Å². The molecule has 1 heterocycles. The topological polar surface area (TPSA) is 21.7 Å². The van der Waals surface area contributed by atoms with E-state index in [1.54, 1.807) is 14.2 Å². The lowest BCUT2D eigenvalue weighted by Gasteiger charge is -2.16. The SMILES string of the molecule is COc1cccc2c1-c1c(cccc1OC)CN(C)C2. The van der Waals surface area contributed by atoms with E-state index in [1.165, 1.54) is 11.1 Å². The monoisotopic (exact) mass is 269 g/mol. The van der Waals surface area contributed by atoms with E-state index in [-0.39, 0.29) is 0 Å². The maximum atomic E-state index is 5.59. The summed E-state index contributed by atoms with van der Waals surface area (Å²) < 4.78 is 11.2. The lowest BCUT2D eigenvalue weighted by atomic mass is 9.95. The Morgan fingerprint density at radius 2 is 1.25 bits per heavy atom. The van der Waals surface area contributed by atoms with Gasteiger partial charge < -0.3 is 9.47 Å². The van der Waals surface area contributed by atoms with Crippen LogP contribution >= 0.6 is 0 Å². The van der Waals surface area contributed by atoms with E-state index in [4.69, 9.17) is 9.47 Å². The molecule has 0 bridgehead atoms. The van der Waals surface area contributed by atoms with Crippen molar-refractivity contribution in [1.82, 2.24) is 4.90 Å². The fourth-order valence-electron chi connectivity index (χ4n) is 2.96. The van der Waals surface area contributed by atoms with Gasteiger partial charge in [0, 0.05) is 24.2 Å². The average Bonchev–Trinajstić information content (AvgIpc) is 2.61. The Morgan fingerprint density at radius 1 is 0.800 bits per heavy atom. The van der Waals surface area contributed by atoms with E-state index in [2.05, 4.69) is 24.1 Å². The van der Waals surface area contributed by atoms with E-state index < -0.39 is 0 Å². The van der Waals surface area contributed by atoms with E-state index in [0.29, 0.717) is 0 Å². The molecule has 3 rings (SSSR count). The van der Waals surface area contributed by atoms with Gasteiger partial charge in [-0.25, -0.2) is 0 Å². The van der Waals surface area contributed by atoms with E-state index >= 15 is 0 Å². The maximum Gasteiger partial charge on any atom is 0.127 e. The number of ether oxygens (including phenoxy) is 2. The van der Waals surface area contributed by atoms with Crippen molar-refractivity contribution in [3.05, 3.63) is 47.5 Å². The summed E-state index contributed by atoms with van der Waals surface area (Å²) in [5, 5.41) is 0. The highest BCUT2D eigenvalue weighted by atomic mass is 16.5. The number of methoxy groups -OCH3 is 2. The molecule has 104 valence electrons. The first-order valence-corrected chi connectivity index (χ1v) is 6.75. The molecule has 1 aliphatic heterocycles. The lowest BCUT2D eigenvalue weighted by Crippen LogP contribution is -2.15. The molecule has 0 saturated carbocycles. The van der Waals surface area contributed by atoms with Gasteiger partial charge in [0.2, 0.25) is 0 Å². The third kappa shape index (κ3) is 2.04. The summed E-state index contributed by atoms with van der Waals surface area (Å²) >= 11 is 0. The van der Waals surface area contributed by atoms with Gasteiger partial charge in [-0.15, -0.1) is 0 Å². The van der Waals surface area contributed by atoms with Crippen molar-refractivity contribution in [3.63, 3.8) is 0 Å². The number of hydrogen-bond acceptors (Lipinski definition) is 3. The molecule has 2 aromatic carbocycles. The predicted molar refractivity (Wildman–Crippen MR) is 80.2 cm³/mol. The first kappa shape index (κ1) is 13.0. The van der Waals surface area contributed by atoms with Gasteiger partial charge in [0.1, 0.15) is 11.5 Å². The molecule has 1 aliphatic rings. The van der Waals surface area contributed by atoms with E-state index in [0.717, 1.165) is 35.7 Å². The Hall–Kier alpha value is -2.00. The smallest absolute Gasteiger partial charge is 0.127 e. The van der Waals surface area contributed by atoms with Gasteiger partial charge in [-0.1, -0.05) is 24.3 Å². The molecule has 0 amide bonds. The number of nitrogens with zero attached hydrogens (tertiary/aromatic N) is 1. The molecule has 0 aromatic heterocycles. The predicted octanol–water partition coefficient (Wildman–Crippen LogP) is 3.32. The zero-order valence-corrected chi connectivity index (χ0v) is 12.1. The summed E-state index contributed by atoms with van der Waals surface area (Å²) in [5.41, 5.74) is 4.86. The fraction of sp³-hybridized carbons (Fsp3) is 0.294. The van der Waals surface area contributed by atoms with Crippen LogP contribution in [0.1, 0.15) is 11.1 Å². The Morgan fingerprint density at radius 3 is 1.65 bits per heavy atom. The van der Waals surface area contributed by atoms with E-state index in [9.17, 15) is 0 Å². The Balaban J connectivity index is 2.35. The van der Waals surface area contributed by atoms with Gasteiger partial charge in [-0.2, -0.15) is 0 Å². The number of benzene rings is 2. The minimum atomic E-state index is 0.906. The Bertz CT molecular complexity index is 581. The molecule has 2 aromatic rings. The molecule has 0 radical (unpaired) electrons. The largest absolute Gasteiger partial charge is 0.496 e. The lowest BCUT2D eigenvalue weighted by molar-refractivity contribution is 0.322. The molecule has 0 spiro atoms. The van der Waals surface area contributed by atoms with Crippen molar-refractivity contribution < 1.29 is 9.47 Å². The second-order valence-electron chi connectivity index (χ2n) is 5.16. The standard InChI is InChI=1S/C17H19NO2/c1-18-10-12-6-4-8-14(19-2)16(12)17-13(11-18)7-5-9-15(17)20-3/h4-9H,10-11H2,1-3H3. The molecule has 0 unspecified atom stereocenters. The Labute approximate surface area is 119 Å². The second kappa shape index (κ2) is 5.17. The molecule has 20 heavy (non-hydrogen) atoms. The summed E-state index contributed by atoms with van der Waals surface area (Å²) in [7, 11) is 5.58. The molecule has 0 aliphatic carbocycles. The van der Waals surface area contributed by atoms with Gasteiger partial charge in [0.15, 0.2) is 0 Å². The third-order valence-electron chi connectivity index (χ3n) is 3.80. The van der Waals surface area contributed by atoms with Gasteiger partial charge >= 0.3 is 0 Å². The zero-order chi connectivity index (χ0) is 14.1. The number of rotatable bonds is 2. The Kier molecular flexibility index (Phi) is 3.36. The molecule has 3 heteroatoms.